The number of halogens is 2. The normalized spacial score (nSPS) is 14.3. The number of ether oxygens (including phenoxy) is 2. The molecular weight excluding hydrogens is 605 g/mol. The molecule has 0 spiro atoms. The van der Waals surface area contributed by atoms with Gasteiger partial charge in [0.25, 0.3) is 5.91 Å². The highest BCUT2D eigenvalue weighted by atomic mass is 35.5. The number of amides is 1. The van der Waals surface area contributed by atoms with E-state index in [0.29, 0.717) is 43.9 Å². The summed E-state index contributed by atoms with van der Waals surface area (Å²) >= 11 is 13.8. The van der Waals surface area contributed by atoms with Gasteiger partial charge in [0.05, 0.1) is 22.7 Å². The van der Waals surface area contributed by atoms with Crippen molar-refractivity contribution in [2.45, 2.75) is 51.9 Å². The van der Waals surface area contributed by atoms with Crippen LogP contribution in [-0.4, -0.2) is 33.5 Å². The van der Waals surface area contributed by atoms with Gasteiger partial charge in [0.2, 0.25) is 11.1 Å². The van der Waals surface area contributed by atoms with Gasteiger partial charge in [0.15, 0.2) is 11.5 Å². The second-order valence-corrected chi connectivity index (χ2v) is 12.2. The van der Waals surface area contributed by atoms with Crippen molar-refractivity contribution in [1.29, 1.82) is 0 Å². The first-order chi connectivity index (χ1) is 20.7. The minimum Gasteiger partial charge on any atom is -0.493 e. The summed E-state index contributed by atoms with van der Waals surface area (Å²) in [6.07, 6.45) is 0.993. The van der Waals surface area contributed by atoms with Gasteiger partial charge in [-0.25, -0.2) is 4.68 Å². The number of fused-ring (bicyclic) bond motifs is 1. The average Bonchev–Trinajstić information content (AvgIpc) is 3.39. The number of hydrogen-bond donors (Lipinski definition) is 2. The smallest absolute Gasteiger partial charge is 0.255 e. The molecule has 0 bridgehead atoms. The number of hydrogen-bond acceptors (Lipinski definition) is 7. The number of benzene rings is 3. The molecule has 11 heteroatoms. The Kier molecular flexibility index (Phi) is 9.54. The Bertz CT molecular complexity index is 1700. The Morgan fingerprint density at radius 2 is 1.86 bits per heavy atom. The Morgan fingerprint density at radius 1 is 1.05 bits per heavy atom. The zero-order valence-corrected chi connectivity index (χ0v) is 27.0. The number of nitrogens with one attached hydrogen (secondary N) is 2. The molecular formula is C32H33Cl2N5O3S. The Morgan fingerprint density at radius 3 is 2.58 bits per heavy atom. The van der Waals surface area contributed by atoms with Gasteiger partial charge in [-0.15, -0.1) is 5.10 Å². The molecule has 8 nitrogen and oxygen atoms in total. The number of allylic oxidation sites excluding steroid dienone is 1. The van der Waals surface area contributed by atoms with Crippen LogP contribution in [0.3, 0.4) is 0 Å². The van der Waals surface area contributed by atoms with Crippen molar-refractivity contribution in [3.8, 4) is 11.5 Å². The Balaban J connectivity index is 1.51. The van der Waals surface area contributed by atoms with E-state index in [1.807, 2.05) is 63.2 Å². The van der Waals surface area contributed by atoms with Crippen LogP contribution in [0.1, 0.15) is 48.6 Å². The van der Waals surface area contributed by atoms with Crippen molar-refractivity contribution < 1.29 is 14.3 Å². The predicted octanol–water partition coefficient (Wildman–Crippen LogP) is 8.22. The van der Waals surface area contributed by atoms with Crippen molar-refractivity contribution >= 4 is 52.5 Å². The lowest BCUT2D eigenvalue weighted by atomic mass is 9.94. The first-order valence-electron chi connectivity index (χ1n) is 13.9. The largest absolute Gasteiger partial charge is 0.493 e. The van der Waals surface area contributed by atoms with E-state index in [0.717, 1.165) is 40.1 Å². The predicted molar refractivity (Wildman–Crippen MR) is 174 cm³/mol. The number of anilines is 2. The molecule has 1 aliphatic heterocycles. The summed E-state index contributed by atoms with van der Waals surface area (Å²) in [6.45, 7) is 8.27. The number of methoxy groups -OCH3 is 1. The van der Waals surface area contributed by atoms with Crippen LogP contribution < -0.4 is 20.1 Å². The van der Waals surface area contributed by atoms with E-state index in [1.54, 1.807) is 35.7 Å². The number of carbonyl (C=O) groups is 1. The second-order valence-electron chi connectivity index (χ2n) is 10.3. The summed E-state index contributed by atoms with van der Waals surface area (Å²) in [6, 6.07) is 16.4. The Hall–Kier alpha value is -3.66. The lowest BCUT2D eigenvalue weighted by Gasteiger charge is -2.29. The van der Waals surface area contributed by atoms with Gasteiger partial charge < -0.3 is 20.1 Å². The van der Waals surface area contributed by atoms with Crippen LogP contribution in [0.25, 0.3) is 0 Å². The molecule has 224 valence electrons. The average molecular weight is 639 g/mol. The maximum absolute atomic E-state index is 14.0. The molecule has 1 unspecified atom stereocenters. The van der Waals surface area contributed by atoms with Crippen molar-refractivity contribution in [2.24, 2.45) is 0 Å². The zero-order chi connectivity index (χ0) is 30.7. The van der Waals surface area contributed by atoms with Crippen LogP contribution in [0.4, 0.5) is 11.6 Å². The van der Waals surface area contributed by atoms with Gasteiger partial charge in [-0.1, -0.05) is 71.7 Å². The molecule has 0 aliphatic carbocycles. The number of aryl methyl sites for hydroxylation is 2. The molecule has 0 saturated heterocycles. The van der Waals surface area contributed by atoms with Crippen LogP contribution in [-0.2, 0) is 11.4 Å². The topological polar surface area (TPSA) is 90.3 Å². The Labute approximate surface area is 265 Å². The molecule has 0 fully saturated rings. The minimum absolute atomic E-state index is 0.232. The summed E-state index contributed by atoms with van der Waals surface area (Å²) in [5, 5.41) is 12.8. The van der Waals surface area contributed by atoms with Gasteiger partial charge in [-0.3, -0.25) is 4.79 Å². The van der Waals surface area contributed by atoms with Crippen LogP contribution in [0.5, 0.6) is 11.5 Å². The number of rotatable bonds is 10. The van der Waals surface area contributed by atoms with E-state index in [-0.39, 0.29) is 12.5 Å². The molecule has 1 amide bonds. The van der Waals surface area contributed by atoms with E-state index in [4.69, 9.17) is 42.8 Å². The van der Waals surface area contributed by atoms with E-state index in [2.05, 4.69) is 17.6 Å². The van der Waals surface area contributed by atoms with E-state index in [1.165, 1.54) is 0 Å². The summed E-state index contributed by atoms with van der Waals surface area (Å²) in [5.74, 6) is 2.29. The maximum atomic E-state index is 14.0. The summed E-state index contributed by atoms with van der Waals surface area (Å²) in [4.78, 5) is 18.7. The maximum Gasteiger partial charge on any atom is 0.255 e. The standard InChI is InChI=1S/C32H33Cl2N5O3S/c1-6-13-43-32-37-31-35-20(4)28(30(40)36-25-11-7-18(2)14-19(25)3)29(39(31)38-32)22-9-12-26(27(16-22)41-5)42-17-21-8-10-23(33)24(34)15-21/h7-12,14-16,29H,6,13,17H2,1-5H3,(H,36,40)(H,35,37,38). The molecule has 1 aliphatic rings. The highest BCUT2D eigenvalue weighted by Gasteiger charge is 2.35. The molecule has 0 radical (unpaired) electrons. The number of nitrogens with zero attached hydrogens (tertiary/aromatic N) is 3. The van der Waals surface area contributed by atoms with Gasteiger partial charge in [-0.2, -0.15) is 4.98 Å². The first kappa shape index (κ1) is 30.8. The lowest BCUT2D eigenvalue weighted by molar-refractivity contribution is -0.113. The molecule has 2 N–H and O–H groups in total. The van der Waals surface area contributed by atoms with E-state index >= 15 is 0 Å². The van der Waals surface area contributed by atoms with Crippen molar-refractivity contribution in [2.75, 3.05) is 23.5 Å². The van der Waals surface area contributed by atoms with E-state index < -0.39 is 6.04 Å². The van der Waals surface area contributed by atoms with Gasteiger partial charge in [0, 0.05) is 17.1 Å². The third-order valence-electron chi connectivity index (χ3n) is 7.02. The number of aromatic nitrogens is 3. The number of thioether (sulfide) groups is 1. The fourth-order valence-electron chi connectivity index (χ4n) is 4.90. The van der Waals surface area contributed by atoms with Gasteiger partial charge >= 0.3 is 0 Å². The van der Waals surface area contributed by atoms with Crippen LogP contribution in [0, 0.1) is 13.8 Å². The van der Waals surface area contributed by atoms with E-state index in [9.17, 15) is 4.79 Å². The monoisotopic (exact) mass is 637 g/mol. The highest BCUT2D eigenvalue weighted by Crippen LogP contribution is 2.40. The number of carbonyl (C=O) groups excluding carboxylic acids is 1. The van der Waals surface area contributed by atoms with Crippen LogP contribution in [0.15, 0.2) is 71.0 Å². The quantitative estimate of drug-likeness (QED) is 0.169. The first-order valence-corrected chi connectivity index (χ1v) is 15.6. The molecule has 43 heavy (non-hydrogen) atoms. The zero-order valence-electron chi connectivity index (χ0n) is 24.6. The fourth-order valence-corrected chi connectivity index (χ4v) is 5.90. The summed E-state index contributed by atoms with van der Waals surface area (Å²) in [7, 11) is 1.59. The highest BCUT2D eigenvalue weighted by molar-refractivity contribution is 7.99. The minimum atomic E-state index is -0.566. The second kappa shape index (κ2) is 13.3. The van der Waals surface area contributed by atoms with Crippen molar-refractivity contribution in [1.82, 2.24) is 14.8 Å². The fraction of sp³-hybridized carbons (Fsp3) is 0.281. The third-order valence-corrected chi connectivity index (χ3v) is 8.81. The van der Waals surface area contributed by atoms with Gasteiger partial charge in [0.1, 0.15) is 12.6 Å². The van der Waals surface area contributed by atoms with Gasteiger partial charge in [-0.05, 0) is 74.2 Å². The summed E-state index contributed by atoms with van der Waals surface area (Å²) < 4.78 is 13.6. The summed E-state index contributed by atoms with van der Waals surface area (Å²) in [5.41, 5.74) is 5.74. The third kappa shape index (κ3) is 6.79. The van der Waals surface area contributed by atoms with Crippen molar-refractivity contribution in [3.05, 3.63) is 98.2 Å². The molecule has 1 aromatic heterocycles. The molecule has 3 aromatic carbocycles. The lowest BCUT2D eigenvalue weighted by Crippen LogP contribution is -2.31. The molecule has 5 rings (SSSR count). The van der Waals surface area contributed by atoms with Crippen LogP contribution in [0.2, 0.25) is 10.0 Å². The molecule has 1 atom stereocenters. The van der Waals surface area contributed by atoms with Crippen LogP contribution >= 0.6 is 35.0 Å². The molecule has 2 heterocycles. The molecule has 0 saturated carbocycles. The van der Waals surface area contributed by atoms with Crippen molar-refractivity contribution in [3.63, 3.8) is 0 Å². The SMILES string of the molecule is CCCSc1nc2n(n1)C(c1ccc(OCc3ccc(Cl)c(Cl)c3)c(OC)c1)C(C(=O)Nc1ccc(C)cc1C)=C(C)N2. The molecule has 4 aromatic rings.